The number of nitrogen functional groups attached to an aromatic ring is 1. The molecule has 2 N–H and O–H groups in total. The quantitative estimate of drug-likeness (QED) is 0.720. The number of aryl methyl sites for hydroxylation is 2. The molecule has 0 atom stereocenters. The van der Waals surface area contributed by atoms with Gasteiger partial charge in [0.05, 0.1) is 0 Å². The maximum Gasteiger partial charge on any atom is 0.223 e. The second kappa shape index (κ2) is 7.14. The molecule has 1 aromatic heterocycles. The van der Waals surface area contributed by atoms with Crippen molar-refractivity contribution in [3.63, 3.8) is 0 Å². The van der Waals surface area contributed by atoms with Crippen LogP contribution in [0.1, 0.15) is 57.1 Å². The first-order chi connectivity index (χ1) is 7.72. The van der Waals surface area contributed by atoms with E-state index in [-0.39, 0.29) is 0 Å². The highest BCUT2D eigenvalue weighted by Crippen LogP contribution is 2.08. The topological polar surface area (TPSA) is 64.7 Å². The molecule has 1 rings (SSSR count). The smallest absolute Gasteiger partial charge is 0.223 e. The fraction of sp³-hybridized carbons (Fsp3) is 0.750. The largest absolute Gasteiger partial charge is 0.368 e. The van der Waals surface area contributed by atoms with Crippen molar-refractivity contribution < 1.29 is 0 Å². The van der Waals surface area contributed by atoms with Crippen molar-refractivity contribution in [3.8, 4) is 0 Å². The van der Waals surface area contributed by atoms with Gasteiger partial charge in [-0.05, 0) is 13.3 Å². The fourth-order valence-corrected chi connectivity index (χ4v) is 1.74. The Hall–Kier alpha value is -1.19. The monoisotopic (exact) mass is 222 g/mol. The molecule has 1 heterocycles. The van der Waals surface area contributed by atoms with E-state index < -0.39 is 0 Å². The summed E-state index contributed by atoms with van der Waals surface area (Å²) in [5.41, 5.74) is 5.57. The minimum Gasteiger partial charge on any atom is -0.368 e. The number of hydrogen-bond acceptors (Lipinski definition) is 4. The van der Waals surface area contributed by atoms with E-state index in [4.69, 9.17) is 5.73 Å². The summed E-state index contributed by atoms with van der Waals surface area (Å²) in [5, 5.41) is 0. The van der Waals surface area contributed by atoms with Crippen LogP contribution in [0.3, 0.4) is 0 Å². The summed E-state index contributed by atoms with van der Waals surface area (Å²) in [4.78, 5) is 12.3. The highest BCUT2D eigenvalue weighted by molar-refractivity contribution is 5.15. The highest BCUT2D eigenvalue weighted by atomic mass is 15.1. The Morgan fingerprint density at radius 1 is 0.938 bits per heavy atom. The number of nitrogens with zero attached hydrogens (tertiary/aromatic N) is 3. The number of rotatable bonds is 7. The third-order valence-corrected chi connectivity index (χ3v) is 2.56. The normalized spacial score (nSPS) is 10.6. The molecular formula is C12H22N4. The van der Waals surface area contributed by atoms with Gasteiger partial charge in [0.15, 0.2) is 0 Å². The average Bonchev–Trinajstić information content (AvgIpc) is 2.22. The Morgan fingerprint density at radius 2 is 1.62 bits per heavy atom. The van der Waals surface area contributed by atoms with Crippen LogP contribution in [0.25, 0.3) is 0 Å². The Morgan fingerprint density at radius 3 is 2.31 bits per heavy atom. The average molecular weight is 222 g/mol. The first-order valence-electron chi connectivity index (χ1n) is 6.19. The zero-order valence-electron chi connectivity index (χ0n) is 10.4. The maximum atomic E-state index is 5.57. The zero-order valence-corrected chi connectivity index (χ0v) is 10.4. The number of aromatic nitrogens is 3. The molecule has 4 nitrogen and oxygen atoms in total. The summed E-state index contributed by atoms with van der Waals surface area (Å²) in [6, 6.07) is 0. The summed E-state index contributed by atoms with van der Waals surface area (Å²) in [7, 11) is 0. The van der Waals surface area contributed by atoms with E-state index >= 15 is 0 Å². The van der Waals surface area contributed by atoms with Gasteiger partial charge in [0.2, 0.25) is 5.95 Å². The molecule has 16 heavy (non-hydrogen) atoms. The van der Waals surface area contributed by atoms with Gasteiger partial charge < -0.3 is 5.73 Å². The number of hydrogen-bond donors (Lipinski definition) is 1. The van der Waals surface area contributed by atoms with Crippen LogP contribution in [-0.4, -0.2) is 15.0 Å². The second-order valence-corrected chi connectivity index (χ2v) is 4.17. The summed E-state index contributed by atoms with van der Waals surface area (Å²) in [5.74, 6) is 1.89. The van der Waals surface area contributed by atoms with Crippen molar-refractivity contribution in [2.75, 3.05) is 5.73 Å². The van der Waals surface area contributed by atoms with E-state index in [1.54, 1.807) is 0 Å². The molecule has 0 saturated heterocycles. The van der Waals surface area contributed by atoms with Crippen LogP contribution in [0.5, 0.6) is 0 Å². The minimum absolute atomic E-state index is 0.341. The second-order valence-electron chi connectivity index (χ2n) is 4.17. The van der Waals surface area contributed by atoms with E-state index in [1.807, 2.05) is 6.92 Å². The van der Waals surface area contributed by atoms with Gasteiger partial charge >= 0.3 is 0 Å². The molecule has 0 saturated carbocycles. The van der Waals surface area contributed by atoms with Gasteiger partial charge in [0, 0.05) is 6.42 Å². The first kappa shape index (κ1) is 12.9. The van der Waals surface area contributed by atoms with Gasteiger partial charge in [-0.1, -0.05) is 39.0 Å². The predicted molar refractivity (Wildman–Crippen MR) is 66.1 cm³/mol. The lowest BCUT2D eigenvalue weighted by atomic mass is 10.1. The molecular weight excluding hydrogens is 200 g/mol. The Balaban J connectivity index is 2.21. The Kier molecular flexibility index (Phi) is 5.75. The van der Waals surface area contributed by atoms with Crippen molar-refractivity contribution in [2.24, 2.45) is 0 Å². The van der Waals surface area contributed by atoms with Gasteiger partial charge in [0.1, 0.15) is 11.6 Å². The van der Waals surface area contributed by atoms with E-state index in [1.165, 1.54) is 32.1 Å². The van der Waals surface area contributed by atoms with Crippen molar-refractivity contribution in [3.05, 3.63) is 11.6 Å². The molecule has 90 valence electrons. The summed E-state index contributed by atoms with van der Waals surface area (Å²) >= 11 is 0. The standard InChI is InChI=1S/C12H22N4/c1-3-4-5-6-7-8-9-11-14-10(2)15-12(13)16-11/h3-9H2,1-2H3,(H2,13,14,15,16). The number of unbranched alkanes of at least 4 members (excludes halogenated alkanes) is 5. The number of anilines is 1. The lowest BCUT2D eigenvalue weighted by Crippen LogP contribution is -2.04. The van der Waals surface area contributed by atoms with Crippen molar-refractivity contribution in [2.45, 2.75) is 58.8 Å². The van der Waals surface area contributed by atoms with Gasteiger partial charge in [0.25, 0.3) is 0 Å². The molecule has 0 aliphatic rings. The van der Waals surface area contributed by atoms with Crippen LogP contribution >= 0.6 is 0 Å². The van der Waals surface area contributed by atoms with Crippen LogP contribution in [0.2, 0.25) is 0 Å². The van der Waals surface area contributed by atoms with E-state index in [9.17, 15) is 0 Å². The van der Waals surface area contributed by atoms with Crippen molar-refractivity contribution >= 4 is 5.95 Å². The molecule has 1 aromatic rings. The van der Waals surface area contributed by atoms with Gasteiger partial charge in [-0.15, -0.1) is 0 Å². The van der Waals surface area contributed by atoms with E-state index in [2.05, 4.69) is 21.9 Å². The third-order valence-electron chi connectivity index (χ3n) is 2.56. The lowest BCUT2D eigenvalue weighted by Gasteiger charge is -2.02. The predicted octanol–water partition coefficient (Wildman–Crippen LogP) is 2.67. The van der Waals surface area contributed by atoms with Crippen LogP contribution in [0.15, 0.2) is 0 Å². The molecule has 0 aromatic carbocycles. The van der Waals surface area contributed by atoms with Crippen LogP contribution < -0.4 is 5.73 Å². The SMILES string of the molecule is CCCCCCCCc1nc(C)nc(N)n1. The Labute approximate surface area is 97.7 Å². The third kappa shape index (κ3) is 5.05. The van der Waals surface area contributed by atoms with Gasteiger partial charge in [-0.2, -0.15) is 9.97 Å². The Bertz CT molecular complexity index is 292. The minimum atomic E-state index is 0.341. The molecule has 0 amide bonds. The number of nitrogens with two attached hydrogens (primary N) is 1. The highest BCUT2D eigenvalue weighted by Gasteiger charge is 2.00. The summed E-state index contributed by atoms with van der Waals surface area (Å²) in [6.07, 6.45) is 8.61. The van der Waals surface area contributed by atoms with Crippen LogP contribution in [0.4, 0.5) is 5.95 Å². The van der Waals surface area contributed by atoms with Crippen molar-refractivity contribution in [1.82, 2.24) is 15.0 Å². The van der Waals surface area contributed by atoms with E-state index in [0.29, 0.717) is 11.8 Å². The molecule has 4 heteroatoms. The summed E-state index contributed by atoms with van der Waals surface area (Å²) in [6.45, 7) is 4.08. The maximum absolute atomic E-state index is 5.57. The zero-order chi connectivity index (χ0) is 11.8. The molecule has 0 spiro atoms. The lowest BCUT2D eigenvalue weighted by molar-refractivity contribution is 0.599. The molecule has 0 aliphatic heterocycles. The molecule has 0 aliphatic carbocycles. The van der Waals surface area contributed by atoms with Crippen molar-refractivity contribution in [1.29, 1.82) is 0 Å². The molecule has 0 bridgehead atoms. The van der Waals surface area contributed by atoms with Gasteiger partial charge in [-0.3, -0.25) is 0 Å². The fourth-order valence-electron chi connectivity index (χ4n) is 1.74. The van der Waals surface area contributed by atoms with Crippen LogP contribution in [0, 0.1) is 6.92 Å². The van der Waals surface area contributed by atoms with E-state index in [0.717, 1.165) is 18.7 Å². The first-order valence-corrected chi connectivity index (χ1v) is 6.19. The molecule has 0 radical (unpaired) electrons. The molecule has 0 fully saturated rings. The molecule has 0 unspecified atom stereocenters. The van der Waals surface area contributed by atoms with Crippen LogP contribution in [-0.2, 0) is 6.42 Å². The van der Waals surface area contributed by atoms with Gasteiger partial charge in [-0.25, -0.2) is 4.98 Å². The summed E-state index contributed by atoms with van der Waals surface area (Å²) < 4.78 is 0.